The molecule has 0 atom stereocenters. The van der Waals surface area contributed by atoms with E-state index in [0.717, 1.165) is 26.2 Å². The molecule has 0 spiro atoms. The lowest BCUT2D eigenvalue weighted by Crippen LogP contribution is -2.21. The molecule has 33 heavy (non-hydrogen) atoms. The molecule has 0 fully saturated rings. The summed E-state index contributed by atoms with van der Waals surface area (Å²) < 4.78 is 0. The summed E-state index contributed by atoms with van der Waals surface area (Å²) in [5.74, 6) is 0. The number of rotatable bonds is 10. The minimum absolute atomic E-state index is 1.02. The Morgan fingerprint density at radius 2 is 0.970 bits per heavy atom. The van der Waals surface area contributed by atoms with Crippen molar-refractivity contribution in [1.29, 1.82) is 0 Å². The second-order valence-corrected chi connectivity index (χ2v) is 8.23. The van der Waals surface area contributed by atoms with Gasteiger partial charge < -0.3 is 9.80 Å². The predicted octanol–water partition coefficient (Wildman–Crippen LogP) is 7.91. The fourth-order valence-electron chi connectivity index (χ4n) is 4.25. The Morgan fingerprint density at radius 3 is 1.36 bits per heavy atom. The highest BCUT2D eigenvalue weighted by molar-refractivity contribution is 5.83. The molecule has 0 unspecified atom stereocenters. The standard InChI is InChI=1S/C31H38N2/c1-6-32(7-2)29-20-16-27(17-21-29)31(24-15-25(5)26-13-11-10-12-14-26)28-18-22-30(23-19-28)33(8-3)9-4/h10-24H,6-9H2,1-5H3/b25-15-. The molecule has 2 heteroatoms. The average Bonchev–Trinajstić information content (AvgIpc) is 2.87. The van der Waals surface area contributed by atoms with Crippen LogP contribution in [0.3, 0.4) is 0 Å². The lowest BCUT2D eigenvalue weighted by atomic mass is 9.95. The van der Waals surface area contributed by atoms with Gasteiger partial charge in [0, 0.05) is 37.6 Å². The lowest BCUT2D eigenvalue weighted by Gasteiger charge is -2.22. The minimum Gasteiger partial charge on any atom is -0.372 e. The summed E-state index contributed by atoms with van der Waals surface area (Å²) >= 11 is 0. The normalized spacial score (nSPS) is 11.2. The molecule has 172 valence electrons. The first-order chi connectivity index (χ1) is 16.1. The van der Waals surface area contributed by atoms with Crippen LogP contribution in [-0.4, -0.2) is 26.2 Å². The van der Waals surface area contributed by atoms with Gasteiger partial charge in [-0.2, -0.15) is 0 Å². The molecule has 0 aliphatic rings. The Hall–Kier alpha value is -3.26. The lowest BCUT2D eigenvalue weighted by molar-refractivity contribution is 0.866. The largest absolute Gasteiger partial charge is 0.372 e. The van der Waals surface area contributed by atoms with Gasteiger partial charge in [0.1, 0.15) is 0 Å². The monoisotopic (exact) mass is 438 g/mol. The predicted molar refractivity (Wildman–Crippen MR) is 147 cm³/mol. The summed E-state index contributed by atoms with van der Waals surface area (Å²) in [5.41, 5.74) is 8.76. The average molecular weight is 439 g/mol. The molecule has 0 radical (unpaired) electrons. The molecule has 3 rings (SSSR count). The highest BCUT2D eigenvalue weighted by Crippen LogP contribution is 2.28. The third-order valence-electron chi connectivity index (χ3n) is 6.34. The van der Waals surface area contributed by atoms with Crippen molar-refractivity contribution in [2.45, 2.75) is 34.6 Å². The Kier molecular flexibility index (Phi) is 8.95. The molecular formula is C31H38N2. The van der Waals surface area contributed by atoms with Crippen LogP contribution >= 0.6 is 0 Å². The van der Waals surface area contributed by atoms with Crippen LogP contribution in [-0.2, 0) is 0 Å². The molecule has 0 aromatic heterocycles. The molecule has 0 saturated heterocycles. The summed E-state index contributed by atoms with van der Waals surface area (Å²) in [6.07, 6.45) is 4.50. The maximum Gasteiger partial charge on any atom is 0.0366 e. The number of hydrogen-bond acceptors (Lipinski definition) is 2. The molecule has 2 nitrogen and oxygen atoms in total. The highest BCUT2D eigenvalue weighted by Gasteiger charge is 2.09. The fourth-order valence-corrected chi connectivity index (χ4v) is 4.25. The summed E-state index contributed by atoms with van der Waals surface area (Å²) in [7, 11) is 0. The maximum absolute atomic E-state index is 2.38. The van der Waals surface area contributed by atoms with Crippen LogP contribution < -0.4 is 9.80 Å². The first kappa shape index (κ1) is 24.4. The van der Waals surface area contributed by atoms with Gasteiger partial charge in [0.05, 0.1) is 0 Å². The van der Waals surface area contributed by atoms with Crippen LogP contribution in [0.1, 0.15) is 51.3 Å². The number of benzene rings is 3. The van der Waals surface area contributed by atoms with E-state index < -0.39 is 0 Å². The Balaban J connectivity index is 2.01. The number of anilines is 2. The van der Waals surface area contributed by atoms with Gasteiger partial charge in [-0.05, 0) is 86.7 Å². The van der Waals surface area contributed by atoms with Crippen molar-refractivity contribution in [2.75, 3.05) is 36.0 Å². The molecule has 0 aliphatic carbocycles. The van der Waals surface area contributed by atoms with Crippen LogP contribution in [0.15, 0.2) is 91.0 Å². The van der Waals surface area contributed by atoms with Gasteiger partial charge in [-0.1, -0.05) is 66.7 Å². The van der Waals surface area contributed by atoms with E-state index in [0.29, 0.717) is 0 Å². The van der Waals surface area contributed by atoms with Crippen molar-refractivity contribution in [1.82, 2.24) is 0 Å². The van der Waals surface area contributed by atoms with Crippen LogP contribution in [0.4, 0.5) is 11.4 Å². The molecule has 0 saturated carbocycles. The number of allylic oxidation sites excluding steroid dienone is 3. The SMILES string of the molecule is CCN(CC)c1ccc(C(=C/C=C(/C)c2ccccc2)c2ccc(N(CC)CC)cc2)cc1. The van der Waals surface area contributed by atoms with E-state index in [2.05, 4.69) is 135 Å². The van der Waals surface area contributed by atoms with Crippen LogP contribution in [0.25, 0.3) is 11.1 Å². The molecule has 0 bridgehead atoms. The van der Waals surface area contributed by atoms with Crippen molar-refractivity contribution in [3.05, 3.63) is 108 Å². The summed E-state index contributed by atoms with van der Waals surface area (Å²) in [6, 6.07) is 28.6. The van der Waals surface area contributed by atoms with Gasteiger partial charge in [-0.25, -0.2) is 0 Å². The van der Waals surface area contributed by atoms with Crippen LogP contribution in [0, 0.1) is 0 Å². The molecular weight excluding hydrogens is 400 g/mol. The highest BCUT2D eigenvalue weighted by atomic mass is 15.1. The Labute approximate surface area is 200 Å². The summed E-state index contributed by atoms with van der Waals surface area (Å²) in [4.78, 5) is 4.76. The van der Waals surface area contributed by atoms with Crippen molar-refractivity contribution in [3.8, 4) is 0 Å². The zero-order chi connectivity index (χ0) is 23.6. The van der Waals surface area contributed by atoms with Crippen molar-refractivity contribution in [2.24, 2.45) is 0 Å². The van der Waals surface area contributed by atoms with Gasteiger partial charge in [-0.15, -0.1) is 0 Å². The third kappa shape index (κ3) is 6.16. The second kappa shape index (κ2) is 12.1. The molecule has 3 aromatic rings. The van der Waals surface area contributed by atoms with E-state index in [9.17, 15) is 0 Å². The first-order valence-corrected chi connectivity index (χ1v) is 12.3. The van der Waals surface area contributed by atoms with E-state index in [-0.39, 0.29) is 0 Å². The zero-order valence-electron chi connectivity index (χ0n) is 20.9. The van der Waals surface area contributed by atoms with Crippen molar-refractivity contribution < 1.29 is 0 Å². The quantitative estimate of drug-likeness (QED) is 0.297. The number of nitrogens with zero attached hydrogens (tertiary/aromatic N) is 2. The van der Waals surface area contributed by atoms with E-state index >= 15 is 0 Å². The van der Waals surface area contributed by atoms with Crippen LogP contribution in [0.2, 0.25) is 0 Å². The molecule has 0 heterocycles. The van der Waals surface area contributed by atoms with Crippen molar-refractivity contribution in [3.63, 3.8) is 0 Å². The zero-order valence-corrected chi connectivity index (χ0v) is 20.9. The van der Waals surface area contributed by atoms with E-state index in [1.165, 1.54) is 39.2 Å². The first-order valence-electron chi connectivity index (χ1n) is 12.3. The van der Waals surface area contributed by atoms with Gasteiger partial charge in [-0.3, -0.25) is 0 Å². The summed E-state index contributed by atoms with van der Waals surface area (Å²) in [5, 5.41) is 0. The third-order valence-corrected chi connectivity index (χ3v) is 6.34. The van der Waals surface area contributed by atoms with Gasteiger partial charge >= 0.3 is 0 Å². The van der Waals surface area contributed by atoms with E-state index in [1.54, 1.807) is 0 Å². The van der Waals surface area contributed by atoms with Gasteiger partial charge in [0.25, 0.3) is 0 Å². The van der Waals surface area contributed by atoms with Gasteiger partial charge in [0.15, 0.2) is 0 Å². The molecule has 0 amide bonds. The fraction of sp³-hybridized carbons (Fsp3) is 0.290. The smallest absolute Gasteiger partial charge is 0.0366 e. The molecule has 0 aliphatic heterocycles. The Bertz CT molecular complexity index is 979. The molecule has 3 aromatic carbocycles. The number of hydrogen-bond donors (Lipinski definition) is 0. The van der Waals surface area contributed by atoms with Gasteiger partial charge in [0.2, 0.25) is 0 Å². The minimum atomic E-state index is 1.02. The maximum atomic E-state index is 2.38. The second-order valence-electron chi connectivity index (χ2n) is 8.23. The topological polar surface area (TPSA) is 6.48 Å². The Morgan fingerprint density at radius 1 is 0.545 bits per heavy atom. The molecule has 0 N–H and O–H groups in total. The van der Waals surface area contributed by atoms with Crippen LogP contribution in [0.5, 0.6) is 0 Å². The summed E-state index contributed by atoms with van der Waals surface area (Å²) in [6.45, 7) is 15.1. The van der Waals surface area contributed by atoms with E-state index in [4.69, 9.17) is 0 Å². The van der Waals surface area contributed by atoms with E-state index in [1.807, 2.05) is 0 Å². The van der Waals surface area contributed by atoms with Crippen molar-refractivity contribution >= 4 is 22.5 Å².